The zero-order chi connectivity index (χ0) is 13.8. The molecule has 102 valence electrons. The van der Waals surface area contributed by atoms with E-state index in [4.69, 9.17) is 10.5 Å². The quantitative estimate of drug-likeness (QED) is 0.904. The maximum Gasteiger partial charge on any atom is 0.121 e. The summed E-state index contributed by atoms with van der Waals surface area (Å²) >= 11 is 0. The summed E-state index contributed by atoms with van der Waals surface area (Å²) in [7, 11) is 1.64. The number of anilines is 1. The molecular weight excluding hydrogens is 238 g/mol. The lowest BCUT2D eigenvalue weighted by molar-refractivity contribution is 0.406. The molecule has 1 aromatic carbocycles. The molecule has 1 aromatic rings. The highest BCUT2D eigenvalue weighted by Gasteiger charge is 2.27. The van der Waals surface area contributed by atoms with Crippen molar-refractivity contribution in [2.24, 2.45) is 5.73 Å². The fourth-order valence-electron chi connectivity index (χ4n) is 2.77. The zero-order valence-electron chi connectivity index (χ0n) is 11.6. The van der Waals surface area contributed by atoms with Crippen molar-refractivity contribution in [3.05, 3.63) is 23.8 Å². The fraction of sp³-hybridized carbons (Fsp3) is 0.533. The van der Waals surface area contributed by atoms with Gasteiger partial charge in [0.1, 0.15) is 11.8 Å². The van der Waals surface area contributed by atoms with E-state index in [2.05, 4.69) is 11.0 Å². The van der Waals surface area contributed by atoms with Crippen LogP contribution in [0.4, 0.5) is 5.69 Å². The van der Waals surface area contributed by atoms with E-state index in [1.807, 2.05) is 25.1 Å². The minimum Gasteiger partial charge on any atom is -0.497 e. The molecule has 4 nitrogen and oxygen atoms in total. The van der Waals surface area contributed by atoms with Crippen molar-refractivity contribution < 1.29 is 4.74 Å². The van der Waals surface area contributed by atoms with Gasteiger partial charge in [-0.15, -0.1) is 0 Å². The van der Waals surface area contributed by atoms with Crippen LogP contribution in [0.5, 0.6) is 5.75 Å². The summed E-state index contributed by atoms with van der Waals surface area (Å²) in [5.41, 5.74) is 7.74. The van der Waals surface area contributed by atoms with Gasteiger partial charge in [0.2, 0.25) is 0 Å². The van der Waals surface area contributed by atoms with Crippen LogP contribution in [0.15, 0.2) is 18.2 Å². The van der Waals surface area contributed by atoms with Crippen molar-refractivity contribution in [3.8, 4) is 11.8 Å². The molecule has 0 aliphatic carbocycles. The molecule has 2 rings (SSSR count). The van der Waals surface area contributed by atoms with Gasteiger partial charge in [-0.25, -0.2) is 0 Å². The monoisotopic (exact) mass is 259 g/mol. The van der Waals surface area contributed by atoms with E-state index in [0.717, 1.165) is 30.8 Å². The van der Waals surface area contributed by atoms with Crippen LogP contribution in [0.25, 0.3) is 0 Å². The second kappa shape index (κ2) is 5.94. The number of nitrogens with two attached hydrogens (primary N) is 1. The molecule has 0 radical (unpaired) electrons. The SMILES string of the molecule is COc1ccc(C#N)c(N2CCCCC2C(C)N)c1. The molecule has 0 amide bonds. The predicted octanol–water partition coefficient (Wildman–Crippen LogP) is 2.27. The molecule has 0 saturated carbocycles. The van der Waals surface area contributed by atoms with Crippen molar-refractivity contribution in [3.63, 3.8) is 0 Å². The van der Waals surface area contributed by atoms with Crippen LogP contribution in [0, 0.1) is 11.3 Å². The lowest BCUT2D eigenvalue weighted by Crippen LogP contribution is -2.49. The Hall–Kier alpha value is -1.73. The molecule has 0 bridgehead atoms. The smallest absolute Gasteiger partial charge is 0.121 e. The molecule has 0 spiro atoms. The largest absolute Gasteiger partial charge is 0.497 e. The molecule has 19 heavy (non-hydrogen) atoms. The average molecular weight is 259 g/mol. The normalized spacial score (nSPS) is 20.7. The molecule has 0 aromatic heterocycles. The Labute approximate surface area is 114 Å². The highest BCUT2D eigenvalue weighted by Crippen LogP contribution is 2.31. The van der Waals surface area contributed by atoms with Gasteiger partial charge in [0, 0.05) is 24.7 Å². The Kier molecular flexibility index (Phi) is 4.28. The zero-order valence-corrected chi connectivity index (χ0v) is 11.6. The van der Waals surface area contributed by atoms with Gasteiger partial charge >= 0.3 is 0 Å². The minimum absolute atomic E-state index is 0.0954. The number of methoxy groups -OCH3 is 1. The summed E-state index contributed by atoms with van der Waals surface area (Å²) in [5, 5.41) is 9.29. The van der Waals surface area contributed by atoms with E-state index in [1.54, 1.807) is 7.11 Å². The van der Waals surface area contributed by atoms with E-state index in [0.29, 0.717) is 11.6 Å². The van der Waals surface area contributed by atoms with E-state index in [9.17, 15) is 5.26 Å². The van der Waals surface area contributed by atoms with Gasteiger partial charge in [-0.2, -0.15) is 5.26 Å². The summed E-state index contributed by atoms with van der Waals surface area (Å²) in [6.45, 7) is 2.99. The van der Waals surface area contributed by atoms with Crippen molar-refractivity contribution in [2.75, 3.05) is 18.6 Å². The first kappa shape index (κ1) is 13.7. The second-order valence-corrected chi connectivity index (χ2v) is 5.11. The molecule has 2 N–H and O–H groups in total. The van der Waals surface area contributed by atoms with Crippen LogP contribution in [0.3, 0.4) is 0 Å². The number of ether oxygens (including phenoxy) is 1. The number of rotatable bonds is 3. The number of nitrogens with zero attached hydrogens (tertiary/aromatic N) is 2. The van der Waals surface area contributed by atoms with E-state index < -0.39 is 0 Å². The van der Waals surface area contributed by atoms with Crippen LogP contribution in [-0.2, 0) is 0 Å². The van der Waals surface area contributed by atoms with E-state index in [1.165, 1.54) is 6.42 Å². The van der Waals surface area contributed by atoms with Crippen molar-refractivity contribution in [1.82, 2.24) is 0 Å². The highest BCUT2D eigenvalue weighted by atomic mass is 16.5. The highest BCUT2D eigenvalue weighted by molar-refractivity contribution is 5.63. The molecule has 1 aliphatic heterocycles. The summed E-state index contributed by atoms with van der Waals surface area (Å²) in [6, 6.07) is 8.25. The second-order valence-electron chi connectivity index (χ2n) is 5.11. The van der Waals surface area contributed by atoms with Gasteiger partial charge in [-0.1, -0.05) is 0 Å². The van der Waals surface area contributed by atoms with Crippen LogP contribution < -0.4 is 15.4 Å². The lowest BCUT2D eigenvalue weighted by atomic mass is 9.95. The Balaban J connectivity index is 2.40. The standard InChI is InChI=1S/C15H21N3O/c1-11(17)14-5-3-4-8-18(14)15-9-13(19-2)7-6-12(15)10-16/h6-7,9,11,14H,3-5,8,17H2,1-2H3. The van der Waals surface area contributed by atoms with Crippen LogP contribution in [0.1, 0.15) is 31.7 Å². The van der Waals surface area contributed by atoms with E-state index in [-0.39, 0.29) is 6.04 Å². The maximum atomic E-state index is 9.29. The lowest BCUT2D eigenvalue weighted by Gasteiger charge is -2.40. The minimum atomic E-state index is 0.0954. The number of hydrogen-bond donors (Lipinski definition) is 1. The van der Waals surface area contributed by atoms with Gasteiger partial charge in [-0.3, -0.25) is 0 Å². The topological polar surface area (TPSA) is 62.3 Å². The first-order chi connectivity index (χ1) is 9.17. The summed E-state index contributed by atoms with van der Waals surface area (Å²) in [6.07, 6.45) is 3.43. The van der Waals surface area contributed by atoms with Crippen molar-refractivity contribution >= 4 is 5.69 Å². The molecule has 1 heterocycles. The Morgan fingerprint density at radius 2 is 2.26 bits per heavy atom. The predicted molar refractivity (Wildman–Crippen MR) is 76.3 cm³/mol. The van der Waals surface area contributed by atoms with Crippen LogP contribution >= 0.6 is 0 Å². The molecule has 1 aliphatic rings. The molecule has 4 heteroatoms. The van der Waals surface area contributed by atoms with Crippen LogP contribution in [-0.4, -0.2) is 25.7 Å². The van der Waals surface area contributed by atoms with Gasteiger partial charge in [0.15, 0.2) is 0 Å². The number of hydrogen-bond acceptors (Lipinski definition) is 4. The van der Waals surface area contributed by atoms with Gasteiger partial charge in [0.05, 0.1) is 18.4 Å². The number of benzene rings is 1. The maximum absolute atomic E-state index is 9.29. The number of nitriles is 1. The van der Waals surface area contributed by atoms with E-state index >= 15 is 0 Å². The van der Waals surface area contributed by atoms with Gasteiger partial charge in [0.25, 0.3) is 0 Å². The van der Waals surface area contributed by atoms with Gasteiger partial charge in [-0.05, 0) is 38.3 Å². The Morgan fingerprint density at radius 1 is 1.47 bits per heavy atom. The Morgan fingerprint density at radius 3 is 2.89 bits per heavy atom. The summed E-state index contributed by atoms with van der Waals surface area (Å²) in [4.78, 5) is 2.27. The number of piperidine rings is 1. The average Bonchev–Trinajstić information content (AvgIpc) is 2.46. The third kappa shape index (κ3) is 2.82. The molecule has 2 unspecified atom stereocenters. The third-order valence-electron chi connectivity index (χ3n) is 3.79. The molecule has 1 saturated heterocycles. The summed E-state index contributed by atoms with van der Waals surface area (Å²) < 4.78 is 5.27. The molecule has 2 atom stereocenters. The van der Waals surface area contributed by atoms with Crippen molar-refractivity contribution in [2.45, 2.75) is 38.3 Å². The first-order valence-corrected chi connectivity index (χ1v) is 6.77. The van der Waals surface area contributed by atoms with Crippen LogP contribution in [0.2, 0.25) is 0 Å². The first-order valence-electron chi connectivity index (χ1n) is 6.77. The third-order valence-corrected chi connectivity index (χ3v) is 3.79. The van der Waals surface area contributed by atoms with Crippen molar-refractivity contribution in [1.29, 1.82) is 5.26 Å². The fourth-order valence-corrected chi connectivity index (χ4v) is 2.77. The molecule has 1 fully saturated rings. The summed E-state index contributed by atoms with van der Waals surface area (Å²) in [5.74, 6) is 0.781. The molecular formula is C15H21N3O. The Bertz CT molecular complexity index is 479. The van der Waals surface area contributed by atoms with Gasteiger partial charge < -0.3 is 15.4 Å².